The van der Waals surface area contributed by atoms with E-state index in [4.69, 9.17) is 5.73 Å². The number of thiazole rings is 1. The predicted molar refractivity (Wildman–Crippen MR) is 76.1 cm³/mol. The molecule has 0 aliphatic rings. The van der Waals surface area contributed by atoms with Crippen LogP contribution in [0.1, 0.15) is 22.3 Å². The Hall–Kier alpha value is -2.10. The van der Waals surface area contributed by atoms with E-state index >= 15 is 0 Å². The van der Waals surface area contributed by atoms with Crippen molar-refractivity contribution in [1.82, 2.24) is 9.55 Å². The topological polar surface area (TPSA) is 72.9 Å². The van der Waals surface area contributed by atoms with Crippen molar-refractivity contribution in [2.45, 2.75) is 13.5 Å². The van der Waals surface area contributed by atoms with Gasteiger partial charge in [0, 0.05) is 12.7 Å². The normalized spacial score (nSPS) is 9.79. The molecule has 2 aromatic rings. The van der Waals surface area contributed by atoms with Crippen molar-refractivity contribution in [3.05, 3.63) is 35.1 Å². The highest BCUT2D eigenvalue weighted by atomic mass is 32.1. The minimum absolute atomic E-state index is 0.167. The highest BCUT2D eigenvalue weighted by Gasteiger charge is 2.11. The number of rotatable bonds is 3. The van der Waals surface area contributed by atoms with Gasteiger partial charge in [-0.3, -0.25) is 10.1 Å². The van der Waals surface area contributed by atoms with Crippen molar-refractivity contribution >= 4 is 22.4 Å². The molecule has 3 N–H and O–H groups in total. The van der Waals surface area contributed by atoms with Gasteiger partial charge in [0.05, 0.1) is 17.6 Å². The summed E-state index contributed by atoms with van der Waals surface area (Å²) in [4.78, 5) is 16.9. The molecule has 1 amide bonds. The Balaban J connectivity index is 2.09. The van der Waals surface area contributed by atoms with Gasteiger partial charge in [0.25, 0.3) is 5.91 Å². The summed E-state index contributed by atoms with van der Waals surface area (Å²) in [6.07, 6.45) is 3.50. The zero-order chi connectivity index (χ0) is 13.7. The number of nitrogens with zero attached hydrogens (tertiary/aromatic N) is 2. The molecule has 0 atom stereocenters. The molecule has 19 heavy (non-hydrogen) atoms. The van der Waals surface area contributed by atoms with Crippen LogP contribution < -0.4 is 11.1 Å². The summed E-state index contributed by atoms with van der Waals surface area (Å²) in [7, 11) is 0. The van der Waals surface area contributed by atoms with Crippen LogP contribution in [-0.4, -0.2) is 22.0 Å². The maximum absolute atomic E-state index is 12.1. The second kappa shape index (κ2) is 6.18. The van der Waals surface area contributed by atoms with E-state index in [1.165, 1.54) is 11.3 Å². The van der Waals surface area contributed by atoms with Crippen LogP contribution in [0.5, 0.6) is 0 Å². The van der Waals surface area contributed by atoms with Gasteiger partial charge >= 0.3 is 0 Å². The van der Waals surface area contributed by atoms with Crippen LogP contribution in [-0.2, 0) is 6.54 Å². The third kappa shape index (κ3) is 3.22. The second-order valence-corrected chi connectivity index (χ2v) is 4.70. The van der Waals surface area contributed by atoms with Gasteiger partial charge in [0.15, 0.2) is 5.13 Å². The van der Waals surface area contributed by atoms with Gasteiger partial charge < -0.3 is 10.3 Å². The Kier molecular flexibility index (Phi) is 4.34. The molecule has 0 saturated carbocycles. The number of carbonyl (C=O) groups is 1. The number of anilines is 1. The molecule has 0 spiro atoms. The number of aryl methyl sites for hydroxylation is 1. The van der Waals surface area contributed by atoms with Crippen LogP contribution in [0.2, 0.25) is 0 Å². The average Bonchev–Trinajstić information content (AvgIpc) is 3.04. The molecule has 0 unspecified atom stereocenters. The molecular weight excluding hydrogens is 260 g/mol. The van der Waals surface area contributed by atoms with Crippen molar-refractivity contribution in [3.63, 3.8) is 0 Å². The summed E-state index contributed by atoms with van der Waals surface area (Å²) >= 11 is 1.33. The van der Waals surface area contributed by atoms with Crippen molar-refractivity contribution in [3.8, 4) is 11.8 Å². The SMILES string of the molecule is CCn1cccc1C(=O)Nc1ncc(C#CCN)s1. The fourth-order valence-corrected chi connectivity index (χ4v) is 2.27. The lowest BCUT2D eigenvalue weighted by atomic mass is 10.4. The molecule has 0 fully saturated rings. The first kappa shape index (κ1) is 13.3. The first-order valence-electron chi connectivity index (χ1n) is 5.86. The number of hydrogen-bond acceptors (Lipinski definition) is 4. The molecule has 2 aromatic heterocycles. The lowest BCUT2D eigenvalue weighted by Crippen LogP contribution is -2.16. The molecule has 0 bridgehead atoms. The lowest BCUT2D eigenvalue weighted by molar-refractivity contribution is 0.101. The first-order chi connectivity index (χ1) is 9.24. The maximum atomic E-state index is 12.1. The second-order valence-electron chi connectivity index (χ2n) is 3.67. The molecule has 6 heteroatoms. The van der Waals surface area contributed by atoms with Crippen molar-refractivity contribution in [2.75, 3.05) is 11.9 Å². The van der Waals surface area contributed by atoms with Crippen molar-refractivity contribution in [1.29, 1.82) is 0 Å². The highest BCUT2D eigenvalue weighted by molar-refractivity contribution is 7.16. The Morgan fingerprint density at radius 2 is 2.47 bits per heavy atom. The molecular formula is C13H14N4OS. The zero-order valence-electron chi connectivity index (χ0n) is 10.5. The van der Waals surface area contributed by atoms with Gasteiger partial charge in [-0.25, -0.2) is 4.98 Å². The smallest absolute Gasteiger partial charge is 0.274 e. The van der Waals surface area contributed by atoms with Crippen molar-refractivity contribution in [2.24, 2.45) is 5.73 Å². The van der Waals surface area contributed by atoms with E-state index in [2.05, 4.69) is 22.1 Å². The summed E-state index contributed by atoms with van der Waals surface area (Å²) in [6.45, 7) is 3.05. The first-order valence-corrected chi connectivity index (χ1v) is 6.67. The van der Waals surface area contributed by atoms with Crippen LogP contribution in [0, 0.1) is 11.8 Å². The van der Waals surface area contributed by atoms with Gasteiger partial charge in [-0.15, -0.1) is 0 Å². The summed E-state index contributed by atoms with van der Waals surface area (Å²) in [5.41, 5.74) is 5.92. The van der Waals surface area contributed by atoms with Crippen LogP contribution in [0.4, 0.5) is 5.13 Å². The largest absolute Gasteiger partial charge is 0.344 e. The van der Waals surface area contributed by atoms with Crippen LogP contribution in [0.25, 0.3) is 0 Å². The minimum Gasteiger partial charge on any atom is -0.344 e. The van der Waals surface area contributed by atoms with Gasteiger partial charge in [-0.2, -0.15) is 0 Å². The highest BCUT2D eigenvalue weighted by Crippen LogP contribution is 2.18. The van der Waals surface area contributed by atoms with Gasteiger partial charge in [0.2, 0.25) is 0 Å². The Labute approximate surface area is 115 Å². The predicted octanol–water partition coefficient (Wildman–Crippen LogP) is 1.53. The summed E-state index contributed by atoms with van der Waals surface area (Å²) in [6, 6.07) is 3.62. The van der Waals surface area contributed by atoms with Crippen LogP contribution in [0.3, 0.4) is 0 Å². The third-order valence-corrected chi connectivity index (χ3v) is 3.27. The zero-order valence-corrected chi connectivity index (χ0v) is 11.3. The van der Waals surface area contributed by atoms with Gasteiger partial charge in [-0.1, -0.05) is 23.2 Å². The van der Waals surface area contributed by atoms with Gasteiger partial charge in [-0.05, 0) is 19.1 Å². The van der Waals surface area contributed by atoms with Crippen LogP contribution in [0.15, 0.2) is 24.5 Å². The van der Waals surface area contributed by atoms with E-state index in [1.54, 1.807) is 12.3 Å². The van der Waals surface area contributed by atoms with Crippen LogP contribution >= 0.6 is 11.3 Å². The minimum atomic E-state index is -0.167. The van der Waals surface area contributed by atoms with E-state index in [-0.39, 0.29) is 5.91 Å². The number of nitrogens with two attached hydrogens (primary N) is 1. The number of nitrogens with one attached hydrogen (secondary N) is 1. The quantitative estimate of drug-likeness (QED) is 0.834. The molecule has 2 rings (SSSR count). The van der Waals surface area contributed by atoms with E-state index in [1.807, 2.05) is 23.8 Å². The Bertz CT molecular complexity index is 632. The molecule has 0 aromatic carbocycles. The van der Waals surface area contributed by atoms with E-state index < -0.39 is 0 Å². The summed E-state index contributed by atoms with van der Waals surface area (Å²) < 4.78 is 1.87. The van der Waals surface area contributed by atoms with E-state index in [0.29, 0.717) is 17.4 Å². The van der Waals surface area contributed by atoms with Crippen molar-refractivity contribution < 1.29 is 4.79 Å². The molecule has 5 nitrogen and oxygen atoms in total. The molecule has 0 aliphatic heterocycles. The summed E-state index contributed by atoms with van der Waals surface area (Å²) in [5.74, 6) is 5.46. The number of amides is 1. The average molecular weight is 274 g/mol. The molecule has 0 aliphatic carbocycles. The molecule has 0 saturated heterocycles. The lowest BCUT2D eigenvalue weighted by Gasteiger charge is -2.05. The van der Waals surface area contributed by atoms with E-state index in [9.17, 15) is 4.79 Å². The summed E-state index contributed by atoms with van der Waals surface area (Å²) in [5, 5.41) is 3.30. The maximum Gasteiger partial charge on any atom is 0.274 e. The third-order valence-electron chi connectivity index (χ3n) is 2.44. The number of carbonyl (C=O) groups excluding carboxylic acids is 1. The fourth-order valence-electron chi connectivity index (χ4n) is 1.58. The van der Waals surface area contributed by atoms with E-state index in [0.717, 1.165) is 11.4 Å². The Morgan fingerprint density at radius 1 is 1.63 bits per heavy atom. The fraction of sp³-hybridized carbons (Fsp3) is 0.231. The molecule has 98 valence electrons. The number of hydrogen-bond donors (Lipinski definition) is 2. The Morgan fingerprint density at radius 3 is 3.21 bits per heavy atom. The molecule has 2 heterocycles. The monoisotopic (exact) mass is 274 g/mol. The standard InChI is InChI=1S/C13H14N4OS/c1-2-17-8-4-6-11(17)12(18)16-13-15-9-10(19-13)5-3-7-14/h4,6,8-9H,2,7,14H2,1H3,(H,15,16,18). The van der Waals surface area contributed by atoms with Gasteiger partial charge in [0.1, 0.15) is 5.69 Å². The number of aromatic nitrogens is 2. The molecule has 0 radical (unpaired) electrons.